The first kappa shape index (κ1) is 11.9. The van der Waals surface area contributed by atoms with Crippen molar-refractivity contribution in [2.75, 3.05) is 13.7 Å². The Balaban J connectivity index is 2.12. The summed E-state index contributed by atoms with van der Waals surface area (Å²) in [5, 5.41) is 0. The molecule has 0 atom stereocenters. The molecule has 17 heavy (non-hydrogen) atoms. The van der Waals surface area contributed by atoms with E-state index in [1.54, 1.807) is 0 Å². The van der Waals surface area contributed by atoms with E-state index in [9.17, 15) is 13.2 Å². The van der Waals surface area contributed by atoms with Crippen LogP contribution in [-0.2, 0) is 0 Å². The van der Waals surface area contributed by atoms with Crippen molar-refractivity contribution >= 4 is 0 Å². The molecule has 1 fully saturated rings. The van der Waals surface area contributed by atoms with E-state index in [4.69, 9.17) is 4.74 Å². The molecule has 0 spiro atoms. The zero-order chi connectivity index (χ0) is 12.5. The second-order valence-corrected chi connectivity index (χ2v) is 3.78. The van der Waals surface area contributed by atoms with Crippen molar-refractivity contribution in [2.24, 2.45) is 0 Å². The van der Waals surface area contributed by atoms with Gasteiger partial charge >= 0.3 is 6.18 Å². The topological polar surface area (TPSA) is 44.2 Å². The van der Waals surface area contributed by atoms with Crippen LogP contribution >= 0.6 is 0 Å². The molecule has 1 aromatic rings. The number of methoxy groups -OCH3 is 1. The van der Waals surface area contributed by atoms with Gasteiger partial charge < -0.3 is 9.47 Å². The summed E-state index contributed by atoms with van der Waals surface area (Å²) < 4.78 is 45.5. The van der Waals surface area contributed by atoms with Crippen molar-refractivity contribution in [2.45, 2.75) is 24.9 Å². The molecule has 4 nitrogen and oxygen atoms in total. The van der Waals surface area contributed by atoms with Crippen molar-refractivity contribution in [1.29, 1.82) is 0 Å². The number of alkyl halides is 3. The Labute approximate surface area is 95.8 Å². The van der Waals surface area contributed by atoms with Gasteiger partial charge in [0.05, 0.1) is 13.2 Å². The van der Waals surface area contributed by atoms with Crippen LogP contribution in [0.3, 0.4) is 0 Å². The number of hydrogen-bond donors (Lipinski definition) is 0. The van der Waals surface area contributed by atoms with Crippen LogP contribution in [0.25, 0.3) is 0 Å². The summed E-state index contributed by atoms with van der Waals surface area (Å²) in [4.78, 5) is 8.00. The van der Waals surface area contributed by atoms with E-state index >= 15 is 0 Å². The van der Waals surface area contributed by atoms with Crippen LogP contribution in [0, 0.1) is 0 Å². The molecule has 1 aromatic heterocycles. The zero-order valence-electron chi connectivity index (χ0n) is 9.12. The Morgan fingerprint density at radius 1 is 1.29 bits per heavy atom. The lowest BCUT2D eigenvalue weighted by Crippen LogP contribution is -2.20. The van der Waals surface area contributed by atoms with Crippen molar-refractivity contribution < 1.29 is 22.6 Å². The van der Waals surface area contributed by atoms with Gasteiger partial charge in [-0.15, -0.1) is 0 Å². The van der Waals surface area contributed by atoms with Gasteiger partial charge in [-0.25, -0.2) is 0 Å². The van der Waals surface area contributed by atoms with Crippen LogP contribution in [0.2, 0.25) is 0 Å². The highest BCUT2D eigenvalue weighted by atomic mass is 19.4. The summed E-state index contributed by atoms with van der Waals surface area (Å²) in [6, 6.07) is 1.25. The molecule has 0 aromatic carbocycles. The fourth-order valence-corrected chi connectivity index (χ4v) is 1.28. The number of nitrogens with zero attached hydrogens (tertiary/aromatic N) is 2. The Kier molecular flexibility index (Phi) is 3.08. The van der Waals surface area contributed by atoms with E-state index in [-0.39, 0.29) is 17.7 Å². The van der Waals surface area contributed by atoms with Crippen molar-refractivity contribution in [3.05, 3.63) is 11.9 Å². The standard InChI is InChI=1S/C10H11F3N2O2/c1-16-7-4-8(17-5-10(11,12)13)15-9(14-7)6-2-3-6/h4,6H,2-3,5H2,1H3. The highest BCUT2D eigenvalue weighted by Crippen LogP contribution is 2.39. The molecule has 1 aliphatic rings. The number of hydrogen-bond acceptors (Lipinski definition) is 4. The molecule has 94 valence electrons. The Morgan fingerprint density at radius 2 is 1.94 bits per heavy atom. The van der Waals surface area contributed by atoms with Gasteiger partial charge in [-0.3, -0.25) is 0 Å². The summed E-state index contributed by atoms with van der Waals surface area (Å²) in [5.74, 6) is 0.829. The number of ether oxygens (including phenoxy) is 2. The fraction of sp³-hybridized carbons (Fsp3) is 0.600. The third-order valence-corrected chi connectivity index (χ3v) is 2.23. The van der Waals surface area contributed by atoms with Gasteiger partial charge in [-0.05, 0) is 12.8 Å². The van der Waals surface area contributed by atoms with Crippen molar-refractivity contribution in [1.82, 2.24) is 9.97 Å². The minimum absolute atomic E-state index is 0.101. The third-order valence-electron chi connectivity index (χ3n) is 2.23. The van der Waals surface area contributed by atoms with Crippen molar-refractivity contribution in [3.63, 3.8) is 0 Å². The van der Waals surface area contributed by atoms with E-state index in [0.717, 1.165) is 12.8 Å². The van der Waals surface area contributed by atoms with Gasteiger partial charge in [0.1, 0.15) is 5.82 Å². The van der Waals surface area contributed by atoms with E-state index in [2.05, 4.69) is 14.7 Å². The molecule has 0 N–H and O–H groups in total. The SMILES string of the molecule is COc1cc(OCC(F)(F)F)nc(C2CC2)n1. The summed E-state index contributed by atoms with van der Waals surface area (Å²) in [5.41, 5.74) is 0. The summed E-state index contributed by atoms with van der Waals surface area (Å²) in [7, 11) is 1.40. The van der Waals surface area contributed by atoms with E-state index < -0.39 is 12.8 Å². The summed E-state index contributed by atoms with van der Waals surface area (Å²) in [6.07, 6.45) is -2.48. The molecule has 0 unspecified atom stereocenters. The Hall–Kier alpha value is -1.53. The predicted octanol–water partition coefficient (Wildman–Crippen LogP) is 2.30. The lowest BCUT2D eigenvalue weighted by molar-refractivity contribution is -0.154. The number of aromatic nitrogens is 2. The molecule has 0 amide bonds. The second kappa shape index (κ2) is 4.38. The first-order valence-electron chi connectivity index (χ1n) is 5.10. The van der Waals surface area contributed by atoms with E-state index in [1.165, 1.54) is 13.2 Å². The lowest BCUT2D eigenvalue weighted by atomic mass is 10.4. The molecular weight excluding hydrogens is 237 g/mol. The smallest absolute Gasteiger partial charge is 0.422 e. The minimum Gasteiger partial charge on any atom is -0.481 e. The van der Waals surface area contributed by atoms with Crippen LogP contribution in [0.5, 0.6) is 11.8 Å². The quantitative estimate of drug-likeness (QED) is 0.820. The second-order valence-electron chi connectivity index (χ2n) is 3.78. The maximum atomic E-state index is 12.0. The lowest BCUT2D eigenvalue weighted by Gasteiger charge is -2.10. The largest absolute Gasteiger partial charge is 0.481 e. The zero-order valence-corrected chi connectivity index (χ0v) is 9.12. The highest BCUT2D eigenvalue weighted by Gasteiger charge is 2.30. The summed E-state index contributed by atoms with van der Waals surface area (Å²) in [6.45, 7) is -1.36. The molecular formula is C10H11F3N2O2. The normalized spacial score (nSPS) is 15.8. The molecule has 0 radical (unpaired) electrons. The molecule has 0 bridgehead atoms. The maximum absolute atomic E-state index is 12.0. The average Bonchev–Trinajstić information content (AvgIpc) is 3.08. The monoisotopic (exact) mass is 248 g/mol. The first-order chi connectivity index (χ1) is 7.98. The molecule has 1 aliphatic carbocycles. The highest BCUT2D eigenvalue weighted by molar-refractivity contribution is 5.23. The summed E-state index contributed by atoms with van der Waals surface area (Å²) >= 11 is 0. The third kappa shape index (κ3) is 3.47. The van der Waals surface area contributed by atoms with E-state index in [0.29, 0.717) is 5.82 Å². The molecule has 0 aliphatic heterocycles. The molecule has 2 rings (SSSR count). The fourth-order valence-electron chi connectivity index (χ4n) is 1.28. The number of rotatable bonds is 4. The predicted molar refractivity (Wildman–Crippen MR) is 52.1 cm³/mol. The maximum Gasteiger partial charge on any atom is 0.422 e. The van der Waals surface area contributed by atoms with Crippen LogP contribution in [0.15, 0.2) is 6.07 Å². The Bertz CT molecular complexity index is 405. The van der Waals surface area contributed by atoms with Gasteiger partial charge in [-0.1, -0.05) is 0 Å². The van der Waals surface area contributed by atoms with E-state index in [1.807, 2.05) is 0 Å². The minimum atomic E-state index is -4.38. The van der Waals surface area contributed by atoms with Crippen LogP contribution < -0.4 is 9.47 Å². The van der Waals surface area contributed by atoms with Gasteiger partial charge in [0.2, 0.25) is 11.8 Å². The van der Waals surface area contributed by atoms with Crippen molar-refractivity contribution in [3.8, 4) is 11.8 Å². The Morgan fingerprint density at radius 3 is 2.47 bits per heavy atom. The number of halogens is 3. The van der Waals surface area contributed by atoms with Crippen LogP contribution in [0.1, 0.15) is 24.6 Å². The van der Waals surface area contributed by atoms with Gasteiger partial charge in [0.15, 0.2) is 6.61 Å². The van der Waals surface area contributed by atoms with Crippen LogP contribution in [0.4, 0.5) is 13.2 Å². The molecule has 1 heterocycles. The molecule has 7 heteroatoms. The molecule has 1 saturated carbocycles. The average molecular weight is 248 g/mol. The van der Waals surface area contributed by atoms with Gasteiger partial charge in [-0.2, -0.15) is 23.1 Å². The first-order valence-corrected chi connectivity index (χ1v) is 5.10. The molecule has 0 saturated heterocycles. The van der Waals surface area contributed by atoms with Crippen LogP contribution in [-0.4, -0.2) is 29.9 Å². The van der Waals surface area contributed by atoms with Gasteiger partial charge in [0, 0.05) is 5.92 Å². The van der Waals surface area contributed by atoms with Gasteiger partial charge in [0.25, 0.3) is 0 Å².